The highest BCUT2D eigenvalue weighted by molar-refractivity contribution is 5.33. The second-order valence-electron chi connectivity index (χ2n) is 3.65. The van der Waals surface area contributed by atoms with Crippen molar-refractivity contribution in [2.45, 2.75) is 6.61 Å². The quantitative estimate of drug-likeness (QED) is 0.876. The zero-order chi connectivity index (χ0) is 12.8. The topological polar surface area (TPSA) is 56.3 Å². The van der Waals surface area contributed by atoms with E-state index in [0.717, 1.165) is 11.3 Å². The van der Waals surface area contributed by atoms with E-state index in [9.17, 15) is 0 Å². The molecule has 1 N–H and O–H groups in total. The van der Waals surface area contributed by atoms with Gasteiger partial charge in [0.25, 0.3) is 0 Å². The van der Waals surface area contributed by atoms with Gasteiger partial charge in [-0.3, -0.25) is 0 Å². The number of nitrogens with one attached hydrogen (secondary N) is 1. The number of anilines is 1. The molecule has 0 aliphatic carbocycles. The van der Waals surface area contributed by atoms with Gasteiger partial charge in [-0.25, -0.2) is 4.98 Å². The summed E-state index contributed by atoms with van der Waals surface area (Å²) in [5.74, 6) is 1.76. The Labute approximate surface area is 106 Å². The number of ether oxygens (including phenoxy) is 2. The Kier molecular flexibility index (Phi) is 4.09. The first kappa shape index (κ1) is 12.3. The van der Waals surface area contributed by atoms with E-state index < -0.39 is 0 Å². The average molecular weight is 245 g/mol. The minimum absolute atomic E-state index is 0.504. The van der Waals surface area contributed by atoms with Gasteiger partial charge in [0.15, 0.2) is 0 Å². The minimum Gasteiger partial charge on any atom is -0.439 e. The summed E-state index contributed by atoms with van der Waals surface area (Å²) in [6.07, 6.45) is 1.65. The predicted molar refractivity (Wildman–Crippen MR) is 68.8 cm³/mol. The van der Waals surface area contributed by atoms with Crippen molar-refractivity contribution in [3.63, 3.8) is 0 Å². The molecule has 0 bridgehead atoms. The van der Waals surface area contributed by atoms with Crippen molar-refractivity contribution < 1.29 is 9.47 Å². The molecule has 1 aromatic heterocycles. The molecule has 0 saturated carbocycles. The summed E-state index contributed by atoms with van der Waals surface area (Å²) in [5, 5.41) is 2.86. The molecule has 2 rings (SSSR count). The van der Waals surface area contributed by atoms with E-state index in [1.54, 1.807) is 26.4 Å². The molecule has 0 aliphatic heterocycles. The number of aromatic nitrogens is 2. The summed E-state index contributed by atoms with van der Waals surface area (Å²) in [7, 11) is 3.43. The fraction of sp³-hybridized carbons (Fsp3) is 0.231. The lowest BCUT2D eigenvalue weighted by atomic mass is 10.2. The first-order valence-electron chi connectivity index (χ1n) is 5.58. The van der Waals surface area contributed by atoms with Gasteiger partial charge in [-0.15, -0.1) is 0 Å². The molecule has 0 unspecified atom stereocenters. The van der Waals surface area contributed by atoms with Crippen molar-refractivity contribution in [1.29, 1.82) is 0 Å². The fourth-order valence-corrected chi connectivity index (χ4v) is 1.51. The molecule has 0 fully saturated rings. The highest BCUT2D eigenvalue weighted by Crippen LogP contribution is 2.21. The van der Waals surface area contributed by atoms with Gasteiger partial charge in [-0.2, -0.15) is 4.98 Å². The van der Waals surface area contributed by atoms with Crippen LogP contribution in [0.1, 0.15) is 5.56 Å². The highest BCUT2D eigenvalue weighted by Gasteiger charge is 2.01. The molecule has 1 aromatic carbocycles. The lowest BCUT2D eigenvalue weighted by molar-refractivity contribution is 0.184. The number of hydrogen-bond acceptors (Lipinski definition) is 5. The zero-order valence-corrected chi connectivity index (χ0v) is 10.4. The Bertz CT molecular complexity index is 517. The maximum absolute atomic E-state index is 5.66. The van der Waals surface area contributed by atoms with Crippen molar-refractivity contribution in [1.82, 2.24) is 9.97 Å². The molecule has 0 radical (unpaired) electrons. The zero-order valence-electron chi connectivity index (χ0n) is 10.4. The lowest BCUT2D eigenvalue weighted by Crippen LogP contribution is -1.97. The van der Waals surface area contributed by atoms with Gasteiger partial charge in [0.05, 0.1) is 6.61 Å². The third-order valence-electron chi connectivity index (χ3n) is 2.29. The van der Waals surface area contributed by atoms with E-state index in [4.69, 9.17) is 9.47 Å². The van der Waals surface area contributed by atoms with Gasteiger partial charge in [0, 0.05) is 26.4 Å². The van der Waals surface area contributed by atoms with Gasteiger partial charge in [0.1, 0.15) is 5.75 Å². The second kappa shape index (κ2) is 5.97. The van der Waals surface area contributed by atoms with Crippen LogP contribution in [0.4, 0.5) is 5.95 Å². The van der Waals surface area contributed by atoms with Gasteiger partial charge >= 0.3 is 0 Å². The van der Waals surface area contributed by atoms with Crippen LogP contribution < -0.4 is 10.1 Å². The van der Waals surface area contributed by atoms with Gasteiger partial charge in [-0.1, -0.05) is 12.1 Å². The SMILES string of the molecule is CNc1nccc(Oc2cccc(COC)c2)n1. The number of benzene rings is 1. The molecule has 0 amide bonds. The Morgan fingerprint density at radius 2 is 2.17 bits per heavy atom. The molecule has 0 saturated heterocycles. The van der Waals surface area contributed by atoms with Crippen LogP contribution >= 0.6 is 0 Å². The molecule has 0 aliphatic rings. The van der Waals surface area contributed by atoms with Crippen LogP contribution in [-0.2, 0) is 11.3 Å². The molecule has 18 heavy (non-hydrogen) atoms. The Hall–Kier alpha value is -2.14. The van der Waals surface area contributed by atoms with E-state index >= 15 is 0 Å². The molecule has 0 atom stereocenters. The van der Waals surface area contributed by atoms with Crippen LogP contribution in [-0.4, -0.2) is 24.1 Å². The largest absolute Gasteiger partial charge is 0.439 e. The normalized spacial score (nSPS) is 10.1. The van der Waals surface area contributed by atoms with E-state index in [-0.39, 0.29) is 0 Å². The molecular formula is C13H15N3O2. The molecule has 94 valence electrons. The summed E-state index contributed by atoms with van der Waals surface area (Å²) in [6.45, 7) is 0.558. The van der Waals surface area contributed by atoms with E-state index in [2.05, 4.69) is 15.3 Å². The van der Waals surface area contributed by atoms with Crippen LogP contribution in [0.15, 0.2) is 36.5 Å². The van der Waals surface area contributed by atoms with Gasteiger partial charge in [-0.05, 0) is 17.7 Å². The monoisotopic (exact) mass is 245 g/mol. The standard InChI is InChI=1S/C13H15N3O2/c1-14-13-15-7-6-12(16-13)18-11-5-3-4-10(8-11)9-17-2/h3-8H,9H2,1-2H3,(H,14,15,16). The number of methoxy groups -OCH3 is 1. The number of rotatable bonds is 5. The summed E-state index contributed by atoms with van der Waals surface area (Å²) >= 11 is 0. The third kappa shape index (κ3) is 3.18. The first-order chi connectivity index (χ1) is 8.81. The summed E-state index contributed by atoms with van der Waals surface area (Å²) in [6, 6.07) is 9.41. The smallest absolute Gasteiger partial charge is 0.225 e. The van der Waals surface area contributed by atoms with Crippen LogP contribution in [0.25, 0.3) is 0 Å². The molecule has 5 heteroatoms. The molecule has 2 aromatic rings. The van der Waals surface area contributed by atoms with Crippen molar-refractivity contribution in [2.24, 2.45) is 0 Å². The molecule has 0 spiro atoms. The summed E-state index contributed by atoms with van der Waals surface area (Å²) in [4.78, 5) is 8.21. The Morgan fingerprint density at radius 1 is 1.28 bits per heavy atom. The minimum atomic E-state index is 0.504. The van der Waals surface area contributed by atoms with E-state index in [1.807, 2.05) is 24.3 Å². The summed E-state index contributed by atoms with van der Waals surface area (Å²) in [5.41, 5.74) is 1.05. The van der Waals surface area contributed by atoms with Crippen LogP contribution in [0.3, 0.4) is 0 Å². The molecule has 1 heterocycles. The Balaban J connectivity index is 2.14. The maximum Gasteiger partial charge on any atom is 0.225 e. The van der Waals surface area contributed by atoms with Crippen molar-refractivity contribution in [3.8, 4) is 11.6 Å². The molecule has 5 nitrogen and oxygen atoms in total. The molecular weight excluding hydrogens is 230 g/mol. The van der Waals surface area contributed by atoms with Crippen LogP contribution in [0, 0.1) is 0 Å². The average Bonchev–Trinajstić information content (AvgIpc) is 2.40. The second-order valence-corrected chi connectivity index (χ2v) is 3.65. The van der Waals surface area contributed by atoms with Crippen LogP contribution in [0.5, 0.6) is 11.6 Å². The van der Waals surface area contributed by atoms with Crippen molar-refractivity contribution >= 4 is 5.95 Å². The Morgan fingerprint density at radius 3 is 2.94 bits per heavy atom. The first-order valence-corrected chi connectivity index (χ1v) is 5.58. The van der Waals surface area contributed by atoms with Crippen molar-refractivity contribution in [2.75, 3.05) is 19.5 Å². The van der Waals surface area contributed by atoms with E-state index in [1.165, 1.54) is 0 Å². The van der Waals surface area contributed by atoms with Crippen molar-refractivity contribution in [3.05, 3.63) is 42.1 Å². The maximum atomic E-state index is 5.66. The number of nitrogens with zero attached hydrogens (tertiary/aromatic N) is 2. The van der Waals surface area contributed by atoms with Gasteiger partial charge < -0.3 is 14.8 Å². The number of hydrogen-bond donors (Lipinski definition) is 1. The van der Waals surface area contributed by atoms with E-state index in [0.29, 0.717) is 18.4 Å². The van der Waals surface area contributed by atoms with Crippen LogP contribution in [0.2, 0.25) is 0 Å². The highest BCUT2D eigenvalue weighted by atomic mass is 16.5. The fourth-order valence-electron chi connectivity index (χ4n) is 1.51. The predicted octanol–water partition coefficient (Wildman–Crippen LogP) is 2.46. The third-order valence-corrected chi connectivity index (χ3v) is 2.29. The summed E-state index contributed by atoms with van der Waals surface area (Å²) < 4.78 is 10.7. The lowest BCUT2D eigenvalue weighted by Gasteiger charge is -2.07. The van der Waals surface area contributed by atoms with Gasteiger partial charge in [0.2, 0.25) is 11.8 Å².